The highest BCUT2D eigenvalue weighted by Crippen LogP contribution is 2.34. The number of hydrogen-bond acceptors (Lipinski definition) is 2. The summed E-state index contributed by atoms with van der Waals surface area (Å²) >= 11 is 4.57. The smallest absolute Gasteiger partial charge is 0.0398 e. The Morgan fingerprint density at radius 1 is 1.00 bits per heavy atom. The van der Waals surface area contributed by atoms with E-state index in [-0.39, 0.29) is 0 Å². The number of rotatable bonds is 3. The molecule has 0 aliphatic rings. The highest BCUT2D eigenvalue weighted by Gasteiger charge is 2.04. The van der Waals surface area contributed by atoms with Crippen LogP contribution in [0, 0.1) is 0 Å². The molecule has 3 heteroatoms. The van der Waals surface area contributed by atoms with E-state index in [0.29, 0.717) is 0 Å². The molecule has 0 heterocycles. The third-order valence-corrected chi connectivity index (χ3v) is 3.22. The van der Waals surface area contributed by atoms with Gasteiger partial charge in [0.1, 0.15) is 0 Å². The molecule has 1 nitrogen and oxygen atoms in total. The molecule has 0 saturated heterocycles. The highest BCUT2D eigenvalue weighted by molar-refractivity contribution is 9.08. The molecule has 0 saturated carbocycles. The molecule has 94 valence electrons. The van der Waals surface area contributed by atoms with Gasteiger partial charge in [0.25, 0.3) is 0 Å². The average Bonchev–Trinajstić information content (AvgIpc) is 2.42. The lowest BCUT2D eigenvalue weighted by Crippen LogP contribution is -1.90. The van der Waals surface area contributed by atoms with Gasteiger partial charge in [0.05, 0.1) is 0 Å². The molecule has 18 heavy (non-hydrogen) atoms. The Morgan fingerprint density at radius 3 is 2.17 bits per heavy atom. The lowest BCUT2D eigenvalue weighted by atomic mass is 10.2. The van der Waals surface area contributed by atoms with Crippen molar-refractivity contribution in [3.63, 3.8) is 0 Å². The molecule has 2 rings (SSSR count). The summed E-state index contributed by atoms with van der Waals surface area (Å²) in [6.07, 6.45) is 0. The second kappa shape index (κ2) is 8.01. The van der Waals surface area contributed by atoms with Gasteiger partial charge in [-0.1, -0.05) is 70.7 Å². The number of hydrogen-bond donors (Lipinski definition) is 1. The van der Waals surface area contributed by atoms with Crippen molar-refractivity contribution in [2.75, 3.05) is 11.6 Å². The number of para-hydroxylation sites is 1. The number of thioether (sulfide) groups is 1. The van der Waals surface area contributed by atoms with Crippen LogP contribution < -0.4 is 5.73 Å². The number of nitrogen functional groups attached to an aromatic ring is 1. The minimum atomic E-state index is 0.774. The second-order valence-corrected chi connectivity index (χ2v) is 4.59. The molecule has 0 bridgehead atoms. The van der Waals surface area contributed by atoms with Crippen LogP contribution in [0.2, 0.25) is 0 Å². The first kappa shape index (κ1) is 14.9. The van der Waals surface area contributed by atoms with Crippen LogP contribution in [-0.2, 0) is 0 Å². The lowest BCUT2D eigenvalue weighted by molar-refractivity contribution is 1.47. The normalized spacial score (nSPS) is 9.22. The number of anilines is 1. The maximum atomic E-state index is 5.90. The fourth-order valence-electron chi connectivity index (χ4n) is 1.44. The predicted octanol–water partition coefficient (Wildman–Crippen LogP) is 5.04. The molecule has 0 amide bonds. The van der Waals surface area contributed by atoms with E-state index in [1.165, 1.54) is 4.90 Å². The Hall–Kier alpha value is -1.19. The summed E-state index contributed by atoms with van der Waals surface area (Å²) < 4.78 is 0. The molecule has 0 radical (unpaired) electrons. The molecule has 0 fully saturated rings. The topological polar surface area (TPSA) is 26.0 Å². The molecule has 0 aromatic heterocycles. The monoisotopic (exact) mass is 321 g/mol. The second-order valence-electron chi connectivity index (χ2n) is 3.43. The minimum Gasteiger partial charge on any atom is -0.398 e. The quantitative estimate of drug-likeness (QED) is 0.486. The van der Waals surface area contributed by atoms with E-state index < -0.39 is 0 Å². The van der Waals surface area contributed by atoms with E-state index in [9.17, 15) is 0 Å². The third-order valence-electron chi connectivity index (χ3n) is 2.25. The van der Waals surface area contributed by atoms with E-state index in [4.69, 9.17) is 5.73 Å². The molecule has 0 spiro atoms. The molecular weight excluding hydrogens is 306 g/mol. The van der Waals surface area contributed by atoms with Gasteiger partial charge in [0.15, 0.2) is 0 Å². The molecule has 2 N–H and O–H groups in total. The minimum absolute atomic E-state index is 0.774. The van der Waals surface area contributed by atoms with Crippen molar-refractivity contribution in [1.29, 1.82) is 0 Å². The zero-order valence-electron chi connectivity index (χ0n) is 10.3. The number of benzene rings is 2. The molecule has 0 aliphatic heterocycles. The molecular formula is C15H16BrNS. The SMILES string of the molecule is C=C(Sc1ccccc1)c1ccccc1N.CBr. The maximum absolute atomic E-state index is 5.90. The zero-order chi connectivity index (χ0) is 13.4. The third kappa shape index (κ3) is 4.24. The predicted molar refractivity (Wildman–Crippen MR) is 87.0 cm³/mol. The number of halogens is 1. The Bertz CT molecular complexity index is 497. The Kier molecular flexibility index (Phi) is 6.61. The van der Waals surface area contributed by atoms with Crippen molar-refractivity contribution in [2.24, 2.45) is 0 Å². The zero-order valence-corrected chi connectivity index (χ0v) is 12.7. The summed E-state index contributed by atoms with van der Waals surface area (Å²) in [4.78, 5) is 2.15. The van der Waals surface area contributed by atoms with Gasteiger partial charge in [0.2, 0.25) is 0 Å². The van der Waals surface area contributed by atoms with E-state index in [0.717, 1.165) is 16.2 Å². The summed E-state index contributed by atoms with van der Waals surface area (Å²) in [6.45, 7) is 4.06. The van der Waals surface area contributed by atoms with Crippen LogP contribution in [0.1, 0.15) is 5.56 Å². The summed E-state index contributed by atoms with van der Waals surface area (Å²) in [7, 11) is 0. The fourth-order valence-corrected chi connectivity index (χ4v) is 2.31. The first-order valence-electron chi connectivity index (χ1n) is 5.42. The Labute approximate surface area is 121 Å². The van der Waals surface area contributed by atoms with Crippen LogP contribution in [0.3, 0.4) is 0 Å². The summed E-state index contributed by atoms with van der Waals surface area (Å²) in [6, 6.07) is 18.0. The summed E-state index contributed by atoms with van der Waals surface area (Å²) in [5.41, 5.74) is 7.69. The van der Waals surface area contributed by atoms with E-state index in [1.54, 1.807) is 11.8 Å². The van der Waals surface area contributed by atoms with Gasteiger partial charge in [-0.2, -0.15) is 0 Å². The van der Waals surface area contributed by atoms with Crippen molar-refractivity contribution in [2.45, 2.75) is 4.90 Å². The molecule has 0 unspecified atom stereocenters. The standard InChI is InChI=1S/C14H13NS.CH3Br/c1-11(13-9-5-6-10-14(13)15)16-12-7-3-2-4-8-12;1-2/h2-10H,1,15H2;1H3. The van der Waals surface area contributed by atoms with E-state index in [1.807, 2.05) is 48.3 Å². The molecule has 0 aliphatic carbocycles. The van der Waals surface area contributed by atoms with E-state index >= 15 is 0 Å². The van der Waals surface area contributed by atoms with Crippen LogP contribution in [0.4, 0.5) is 5.69 Å². The van der Waals surface area contributed by atoms with Crippen LogP contribution in [0.15, 0.2) is 66.1 Å². The van der Waals surface area contributed by atoms with Crippen LogP contribution in [-0.4, -0.2) is 5.83 Å². The van der Waals surface area contributed by atoms with Gasteiger partial charge >= 0.3 is 0 Å². The van der Waals surface area contributed by atoms with E-state index in [2.05, 4.69) is 34.6 Å². The Balaban J connectivity index is 0.000000771. The number of alkyl halides is 1. The molecule has 2 aromatic carbocycles. The van der Waals surface area contributed by atoms with Gasteiger partial charge in [-0.15, -0.1) is 0 Å². The lowest BCUT2D eigenvalue weighted by Gasteiger charge is -2.08. The summed E-state index contributed by atoms with van der Waals surface area (Å²) in [5, 5.41) is 0. The van der Waals surface area contributed by atoms with Crippen LogP contribution in [0.5, 0.6) is 0 Å². The van der Waals surface area contributed by atoms with Gasteiger partial charge in [-0.3, -0.25) is 0 Å². The van der Waals surface area contributed by atoms with Crippen LogP contribution in [0.25, 0.3) is 4.91 Å². The van der Waals surface area contributed by atoms with Crippen molar-refractivity contribution in [3.8, 4) is 0 Å². The van der Waals surface area contributed by atoms with Gasteiger partial charge in [0, 0.05) is 21.1 Å². The fraction of sp³-hybridized carbons (Fsp3) is 0.0667. The summed E-state index contributed by atoms with van der Waals surface area (Å²) in [5.74, 6) is 1.81. The van der Waals surface area contributed by atoms with Crippen molar-refractivity contribution in [1.82, 2.24) is 0 Å². The largest absolute Gasteiger partial charge is 0.398 e. The van der Waals surface area contributed by atoms with Crippen LogP contribution >= 0.6 is 27.7 Å². The maximum Gasteiger partial charge on any atom is 0.0398 e. The first-order valence-corrected chi connectivity index (χ1v) is 7.82. The van der Waals surface area contributed by atoms with Crippen molar-refractivity contribution >= 4 is 38.3 Å². The highest BCUT2D eigenvalue weighted by atomic mass is 79.9. The molecule has 2 aromatic rings. The van der Waals surface area contributed by atoms with Gasteiger partial charge in [-0.05, 0) is 24.0 Å². The Morgan fingerprint density at radius 2 is 1.56 bits per heavy atom. The van der Waals surface area contributed by atoms with Gasteiger partial charge in [-0.25, -0.2) is 0 Å². The van der Waals surface area contributed by atoms with Gasteiger partial charge < -0.3 is 5.73 Å². The van der Waals surface area contributed by atoms with Crippen molar-refractivity contribution < 1.29 is 0 Å². The average molecular weight is 322 g/mol. The molecule has 0 atom stereocenters. The van der Waals surface area contributed by atoms with Crippen molar-refractivity contribution in [3.05, 3.63) is 66.7 Å². The first-order chi connectivity index (χ1) is 8.77. The number of nitrogens with two attached hydrogens (primary N) is 1.